The van der Waals surface area contributed by atoms with E-state index in [4.69, 9.17) is 24.8 Å². The van der Waals surface area contributed by atoms with Gasteiger partial charge < -0.3 is 19.3 Å². The number of hydrogen-bond donors (Lipinski definition) is 1. The van der Waals surface area contributed by atoms with Gasteiger partial charge in [0.2, 0.25) is 0 Å². The summed E-state index contributed by atoms with van der Waals surface area (Å²) >= 11 is 0. The summed E-state index contributed by atoms with van der Waals surface area (Å²) in [5.74, 6) is 1.99. The number of ether oxygens (including phenoxy) is 1. The summed E-state index contributed by atoms with van der Waals surface area (Å²) in [6.07, 6.45) is 2.80. The predicted molar refractivity (Wildman–Crippen MR) is 140 cm³/mol. The number of nitrogens with zero attached hydrogens (tertiary/aromatic N) is 8. The zero-order chi connectivity index (χ0) is 25.4. The van der Waals surface area contributed by atoms with Crippen LogP contribution in [0.2, 0.25) is 0 Å². The minimum Gasteiger partial charge on any atom is -0.387 e. The number of aliphatic hydroxyl groups is 1. The van der Waals surface area contributed by atoms with Crippen LogP contribution in [0.4, 0.5) is 5.82 Å². The van der Waals surface area contributed by atoms with Crippen LogP contribution in [-0.4, -0.2) is 65.7 Å². The summed E-state index contributed by atoms with van der Waals surface area (Å²) in [6.45, 7) is 7.12. The van der Waals surface area contributed by atoms with E-state index in [2.05, 4.69) is 21.4 Å². The van der Waals surface area contributed by atoms with Gasteiger partial charge in [-0.3, -0.25) is 4.98 Å². The molecule has 0 amide bonds. The van der Waals surface area contributed by atoms with E-state index in [1.54, 1.807) is 24.0 Å². The zero-order valence-electron chi connectivity index (χ0n) is 20.8. The Morgan fingerprint density at radius 1 is 0.973 bits per heavy atom. The first-order chi connectivity index (χ1) is 18.1. The van der Waals surface area contributed by atoms with E-state index < -0.39 is 6.10 Å². The van der Waals surface area contributed by atoms with Gasteiger partial charge in [-0.1, -0.05) is 30.3 Å². The Morgan fingerprint density at radius 3 is 2.43 bits per heavy atom. The quantitative estimate of drug-likeness (QED) is 0.380. The molecule has 188 valence electrons. The van der Waals surface area contributed by atoms with Gasteiger partial charge in [-0.2, -0.15) is 19.7 Å². The molecule has 0 spiro atoms. The van der Waals surface area contributed by atoms with E-state index in [0.29, 0.717) is 44.5 Å². The minimum absolute atomic E-state index is 0.427. The highest BCUT2D eigenvalue weighted by Gasteiger charge is 2.25. The lowest BCUT2D eigenvalue weighted by molar-refractivity contribution is 0.122. The molecule has 1 fully saturated rings. The second-order valence-electron chi connectivity index (χ2n) is 8.94. The van der Waals surface area contributed by atoms with Crippen molar-refractivity contribution in [2.75, 3.05) is 31.2 Å². The highest BCUT2D eigenvalue weighted by Crippen LogP contribution is 2.32. The van der Waals surface area contributed by atoms with Gasteiger partial charge in [-0.05, 0) is 32.0 Å². The number of aliphatic hydroxyl groups excluding tert-OH is 1. The average molecular weight is 497 g/mol. The fourth-order valence-electron chi connectivity index (χ4n) is 4.66. The number of aryl methyl sites for hydroxylation is 1. The molecule has 0 saturated carbocycles. The molecule has 37 heavy (non-hydrogen) atoms. The molecular weight excluding hydrogens is 468 g/mol. The number of imidazole rings is 1. The van der Waals surface area contributed by atoms with Gasteiger partial charge in [-0.25, -0.2) is 4.98 Å². The predicted octanol–water partition coefficient (Wildman–Crippen LogP) is 3.65. The third-order valence-electron chi connectivity index (χ3n) is 6.55. The normalized spacial score (nSPS) is 14.8. The van der Waals surface area contributed by atoms with Crippen molar-refractivity contribution in [3.63, 3.8) is 0 Å². The van der Waals surface area contributed by atoms with E-state index >= 15 is 0 Å². The fourth-order valence-corrected chi connectivity index (χ4v) is 4.66. The third kappa shape index (κ3) is 4.24. The van der Waals surface area contributed by atoms with Crippen molar-refractivity contribution in [3.8, 4) is 28.6 Å². The Morgan fingerprint density at radius 2 is 1.73 bits per heavy atom. The molecule has 6 rings (SSSR count). The molecule has 1 aliphatic heterocycles. The van der Waals surface area contributed by atoms with Crippen LogP contribution in [-0.2, 0) is 11.3 Å². The molecule has 1 aliphatic rings. The van der Waals surface area contributed by atoms with Crippen LogP contribution in [0.3, 0.4) is 0 Å². The van der Waals surface area contributed by atoms with Crippen LogP contribution in [0.1, 0.15) is 25.6 Å². The summed E-state index contributed by atoms with van der Waals surface area (Å²) in [5.41, 5.74) is 4.75. The lowest BCUT2D eigenvalue weighted by Crippen LogP contribution is -2.37. The Hall–Kier alpha value is -4.15. The Kier molecular flexibility index (Phi) is 6.11. The van der Waals surface area contributed by atoms with Crippen LogP contribution in [0.5, 0.6) is 0 Å². The lowest BCUT2D eigenvalue weighted by Gasteiger charge is -2.28. The number of aromatic nitrogens is 7. The number of anilines is 1. The molecule has 5 aromatic rings. The Labute approximate surface area is 214 Å². The van der Waals surface area contributed by atoms with E-state index in [1.807, 2.05) is 48.5 Å². The fraction of sp³-hybridized carbons (Fsp3) is 0.296. The SMILES string of the molecule is CCn1c(-c2ccncc2)nc2c(N3CCOCC3)nc(-n3nc(C(C)O)cc3-c3ccccc3)nc21. The van der Waals surface area contributed by atoms with Crippen LogP contribution in [0, 0.1) is 0 Å². The average Bonchev–Trinajstić information content (AvgIpc) is 3.56. The summed E-state index contributed by atoms with van der Waals surface area (Å²) in [7, 11) is 0. The van der Waals surface area contributed by atoms with Crippen molar-refractivity contribution >= 4 is 17.0 Å². The maximum absolute atomic E-state index is 10.3. The number of fused-ring (bicyclic) bond motifs is 1. The van der Waals surface area contributed by atoms with Gasteiger partial charge in [0.1, 0.15) is 5.82 Å². The molecular formula is C27H28N8O2. The Bertz CT molecular complexity index is 1520. The smallest absolute Gasteiger partial charge is 0.255 e. The number of morpholine rings is 1. The van der Waals surface area contributed by atoms with Crippen molar-refractivity contribution in [1.82, 2.24) is 34.3 Å². The molecule has 10 nitrogen and oxygen atoms in total. The van der Waals surface area contributed by atoms with Gasteiger partial charge in [-0.15, -0.1) is 0 Å². The van der Waals surface area contributed by atoms with Crippen LogP contribution in [0.15, 0.2) is 60.9 Å². The Balaban J connectivity index is 1.62. The minimum atomic E-state index is -0.731. The summed E-state index contributed by atoms with van der Waals surface area (Å²) < 4.78 is 9.43. The molecule has 0 aliphatic carbocycles. The summed E-state index contributed by atoms with van der Waals surface area (Å²) in [6, 6.07) is 15.7. The summed E-state index contributed by atoms with van der Waals surface area (Å²) in [5, 5.41) is 15.1. The molecule has 1 aromatic carbocycles. The van der Waals surface area contributed by atoms with Gasteiger partial charge in [0, 0.05) is 43.2 Å². The van der Waals surface area contributed by atoms with Crippen LogP contribution in [0.25, 0.3) is 39.8 Å². The van der Waals surface area contributed by atoms with Crippen molar-refractivity contribution < 1.29 is 9.84 Å². The van der Waals surface area contributed by atoms with Crippen molar-refractivity contribution in [2.45, 2.75) is 26.5 Å². The molecule has 0 radical (unpaired) electrons. The topological polar surface area (TPSA) is 107 Å². The zero-order valence-corrected chi connectivity index (χ0v) is 20.8. The maximum atomic E-state index is 10.3. The van der Waals surface area contributed by atoms with Gasteiger partial charge in [0.25, 0.3) is 5.95 Å². The first-order valence-electron chi connectivity index (χ1n) is 12.5. The van der Waals surface area contributed by atoms with E-state index in [-0.39, 0.29) is 0 Å². The molecule has 0 bridgehead atoms. The van der Waals surface area contributed by atoms with E-state index in [0.717, 1.165) is 39.6 Å². The molecule has 5 heterocycles. The number of rotatable bonds is 6. The van der Waals surface area contributed by atoms with Crippen molar-refractivity contribution in [1.29, 1.82) is 0 Å². The van der Waals surface area contributed by atoms with Crippen molar-refractivity contribution in [3.05, 3.63) is 66.6 Å². The maximum Gasteiger partial charge on any atom is 0.255 e. The number of hydrogen-bond acceptors (Lipinski definition) is 8. The first kappa shape index (κ1) is 23.3. The van der Waals surface area contributed by atoms with Gasteiger partial charge in [0.15, 0.2) is 17.0 Å². The molecule has 10 heteroatoms. The molecule has 1 atom stereocenters. The number of pyridine rings is 1. The monoisotopic (exact) mass is 496 g/mol. The van der Waals surface area contributed by atoms with Crippen LogP contribution >= 0.6 is 0 Å². The highest BCUT2D eigenvalue weighted by atomic mass is 16.5. The first-order valence-corrected chi connectivity index (χ1v) is 12.5. The molecule has 1 N–H and O–H groups in total. The second-order valence-corrected chi connectivity index (χ2v) is 8.94. The largest absolute Gasteiger partial charge is 0.387 e. The van der Waals surface area contributed by atoms with Crippen LogP contribution < -0.4 is 4.90 Å². The van der Waals surface area contributed by atoms with E-state index in [9.17, 15) is 5.11 Å². The standard InChI is InChI=1S/C27H28N8O2/c1-3-34-24(20-9-11-28-12-10-20)29-23-25(33-13-15-37-16-14-33)30-27(31-26(23)34)35-22(17-21(32-35)18(2)36)19-7-5-4-6-8-19/h4-12,17-18,36H,3,13-16H2,1-2H3. The molecule has 1 unspecified atom stereocenters. The van der Waals surface area contributed by atoms with Gasteiger partial charge in [0.05, 0.1) is 30.7 Å². The lowest BCUT2D eigenvalue weighted by atomic mass is 10.1. The van der Waals surface area contributed by atoms with Gasteiger partial charge >= 0.3 is 0 Å². The second kappa shape index (κ2) is 9.72. The number of benzene rings is 1. The molecule has 1 saturated heterocycles. The highest BCUT2D eigenvalue weighted by molar-refractivity contribution is 5.88. The summed E-state index contributed by atoms with van der Waals surface area (Å²) in [4.78, 5) is 21.4. The van der Waals surface area contributed by atoms with Crippen molar-refractivity contribution in [2.24, 2.45) is 0 Å². The molecule has 4 aromatic heterocycles. The van der Waals surface area contributed by atoms with E-state index in [1.165, 1.54) is 0 Å². The third-order valence-corrected chi connectivity index (χ3v) is 6.55.